The van der Waals surface area contributed by atoms with Gasteiger partial charge in [-0.1, -0.05) is 6.07 Å². The maximum Gasteiger partial charge on any atom is 0.432 e. The number of amides is 3. The van der Waals surface area contributed by atoms with Crippen molar-refractivity contribution in [1.82, 2.24) is 15.4 Å². The summed E-state index contributed by atoms with van der Waals surface area (Å²) in [7, 11) is 1.11. The predicted octanol–water partition coefficient (Wildman–Crippen LogP) is 2.54. The first kappa shape index (κ1) is 24.9. The second kappa shape index (κ2) is 8.64. The summed E-state index contributed by atoms with van der Waals surface area (Å²) < 4.78 is 15.7. The maximum absolute atomic E-state index is 13.3. The van der Waals surface area contributed by atoms with Crippen LogP contribution in [-0.4, -0.2) is 58.0 Å². The number of carbonyl (C=O) groups is 4. The predicted molar refractivity (Wildman–Crippen MR) is 113 cm³/mol. The molecule has 11 nitrogen and oxygen atoms in total. The number of methoxy groups -OCH3 is 1. The monoisotopic (exact) mass is 450 g/mol. The van der Waals surface area contributed by atoms with E-state index >= 15 is 0 Å². The molecule has 1 aliphatic heterocycles. The molecule has 2 rings (SSSR count). The van der Waals surface area contributed by atoms with E-state index in [4.69, 9.17) is 14.2 Å². The van der Waals surface area contributed by atoms with E-state index in [2.05, 4.69) is 10.4 Å². The first-order valence-corrected chi connectivity index (χ1v) is 9.98. The number of aromatic nitrogens is 1. The Balaban J connectivity index is 2.68. The summed E-state index contributed by atoms with van der Waals surface area (Å²) in [5.74, 6) is -1.43. The van der Waals surface area contributed by atoms with Crippen molar-refractivity contribution in [3.05, 3.63) is 23.9 Å². The molecular formula is C21H30N4O7. The van der Waals surface area contributed by atoms with Crippen LogP contribution in [0.15, 0.2) is 18.3 Å². The minimum atomic E-state index is -2.13. The number of nitrogens with zero attached hydrogens (tertiary/aromatic N) is 3. The Hall–Kier alpha value is -3.37. The number of fused-ring (bicyclic) bond motifs is 1. The Morgan fingerprint density at radius 1 is 1.09 bits per heavy atom. The van der Waals surface area contributed by atoms with Gasteiger partial charge in [0.05, 0.1) is 7.11 Å². The zero-order valence-corrected chi connectivity index (χ0v) is 19.6. The third kappa shape index (κ3) is 5.09. The zero-order chi connectivity index (χ0) is 24.5. The van der Waals surface area contributed by atoms with E-state index < -0.39 is 40.9 Å². The van der Waals surface area contributed by atoms with Gasteiger partial charge in [-0.3, -0.25) is 9.69 Å². The first-order chi connectivity index (χ1) is 14.6. The van der Waals surface area contributed by atoms with Gasteiger partial charge in [0.25, 0.3) is 0 Å². The zero-order valence-electron chi connectivity index (χ0n) is 19.6. The lowest BCUT2D eigenvalue weighted by Gasteiger charge is -2.43. The third-order valence-electron chi connectivity index (χ3n) is 4.26. The molecule has 0 aromatic carbocycles. The summed E-state index contributed by atoms with van der Waals surface area (Å²) in [6, 6.07) is 3.29. The summed E-state index contributed by atoms with van der Waals surface area (Å²) in [6.45, 7) is 11.0. The van der Waals surface area contributed by atoms with Crippen molar-refractivity contribution in [3.8, 4) is 0 Å². The van der Waals surface area contributed by atoms with Gasteiger partial charge in [-0.05, 0) is 47.6 Å². The standard InChI is InChI=1S/C21H30N4O7/c1-13(26)24-15-14(10-9-11-22-15)12-21(24,16(27)30-8)25(18(29)32-20(5,6)7)23-17(28)31-19(2,3)4/h9-11H,12H2,1-8H3,(H,23,28)/t21-/m1/s1. The number of hydrogen-bond donors (Lipinski definition) is 1. The number of anilines is 1. The number of hydrogen-bond acceptors (Lipinski definition) is 8. The molecule has 0 radical (unpaired) electrons. The second-order valence-corrected chi connectivity index (χ2v) is 9.25. The number of hydrazine groups is 1. The third-order valence-corrected chi connectivity index (χ3v) is 4.26. The van der Waals surface area contributed by atoms with Gasteiger partial charge in [-0.2, -0.15) is 5.01 Å². The lowest BCUT2D eigenvalue weighted by atomic mass is 10.0. The van der Waals surface area contributed by atoms with E-state index in [1.807, 2.05) is 0 Å². The Morgan fingerprint density at radius 2 is 1.69 bits per heavy atom. The van der Waals surface area contributed by atoms with Crippen LogP contribution in [0.3, 0.4) is 0 Å². The van der Waals surface area contributed by atoms with Crippen LogP contribution in [0.1, 0.15) is 54.0 Å². The lowest BCUT2D eigenvalue weighted by molar-refractivity contribution is -0.158. The Bertz CT molecular complexity index is 919. The quantitative estimate of drug-likeness (QED) is 0.414. The molecule has 0 saturated carbocycles. The smallest absolute Gasteiger partial charge is 0.432 e. The van der Waals surface area contributed by atoms with E-state index in [1.165, 1.54) is 13.1 Å². The molecule has 0 saturated heterocycles. The molecule has 3 amide bonds. The second-order valence-electron chi connectivity index (χ2n) is 9.25. The molecule has 0 bridgehead atoms. The molecule has 1 aromatic heterocycles. The number of esters is 1. The highest BCUT2D eigenvalue weighted by Gasteiger charge is 2.61. The normalized spacial score (nSPS) is 17.8. The van der Waals surface area contributed by atoms with Gasteiger partial charge in [0.1, 0.15) is 17.0 Å². The molecule has 0 fully saturated rings. The molecule has 1 N–H and O–H groups in total. The maximum atomic E-state index is 13.3. The van der Waals surface area contributed by atoms with E-state index in [9.17, 15) is 19.2 Å². The number of pyridine rings is 1. The van der Waals surface area contributed by atoms with E-state index in [1.54, 1.807) is 53.7 Å². The van der Waals surface area contributed by atoms with Crippen molar-refractivity contribution in [1.29, 1.82) is 0 Å². The average molecular weight is 450 g/mol. The average Bonchev–Trinajstić information content (AvgIpc) is 2.98. The van der Waals surface area contributed by atoms with Crippen LogP contribution in [0.25, 0.3) is 0 Å². The van der Waals surface area contributed by atoms with Gasteiger partial charge >= 0.3 is 18.2 Å². The molecule has 32 heavy (non-hydrogen) atoms. The SMILES string of the molecule is COC(=O)[C@]1(N(NC(=O)OC(C)(C)C)C(=O)OC(C)(C)C)Cc2cccnc2N1C(C)=O. The largest absolute Gasteiger partial charge is 0.466 e. The van der Waals surface area contributed by atoms with E-state index in [-0.39, 0.29) is 12.2 Å². The van der Waals surface area contributed by atoms with Crippen molar-refractivity contribution >= 4 is 29.9 Å². The number of nitrogens with one attached hydrogen (secondary N) is 1. The van der Waals surface area contributed by atoms with Crippen LogP contribution in [-0.2, 0) is 30.2 Å². The van der Waals surface area contributed by atoms with Gasteiger partial charge in [0, 0.05) is 25.1 Å². The Kier molecular flexibility index (Phi) is 6.72. The first-order valence-electron chi connectivity index (χ1n) is 9.98. The lowest BCUT2D eigenvalue weighted by Crippen LogP contribution is -2.72. The Morgan fingerprint density at radius 3 is 2.19 bits per heavy atom. The molecule has 1 aromatic rings. The van der Waals surface area contributed by atoms with Crippen LogP contribution in [0, 0.1) is 0 Å². The minimum absolute atomic E-state index is 0.157. The summed E-state index contributed by atoms with van der Waals surface area (Å²) in [6.07, 6.45) is -0.870. The van der Waals surface area contributed by atoms with Crippen LogP contribution >= 0.6 is 0 Å². The molecule has 11 heteroatoms. The molecule has 0 spiro atoms. The van der Waals surface area contributed by atoms with Gasteiger partial charge in [0.2, 0.25) is 11.6 Å². The molecule has 0 aliphatic carbocycles. The van der Waals surface area contributed by atoms with Gasteiger partial charge in [-0.15, -0.1) is 0 Å². The van der Waals surface area contributed by atoms with E-state index in [0.29, 0.717) is 10.6 Å². The van der Waals surface area contributed by atoms with Crippen LogP contribution < -0.4 is 10.3 Å². The Labute approximate surface area is 187 Å². The number of ether oxygens (including phenoxy) is 3. The highest BCUT2D eigenvalue weighted by molar-refractivity contribution is 6.04. The molecule has 0 unspecified atom stereocenters. The number of carbonyl (C=O) groups excluding carboxylic acids is 4. The fraction of sp³-hybridized carbons (Fsp3) is 0.571. The fourth-order valence-electron chi connectivity index (χ4n) is 3.29. The van der Waals surface area contributed by atoms with Crippen LogP contribution in [0.4, 0.5) is 15.4 Å². The molecule has 1 atom stereocenters. The summed E-state index contributed by atoms with van der Waals surface area (Å²) >= 11 is 0. The number of rotatable bonds is 2. The summed E-state index contributed by atoms with van der Waals surface area (Å²) in [5.41, 5.74) is -1.23. The highest BCUT2D eigenvalue weighted by atomic mass is 16.6. The van der Waals surface area contributed by atoms with Gasteiger partial charge in [0.15, 0.2) is 0 Å². The van der Waals surface area contributed by atoms with E-state index in [0.717, 1.165) is 12.0 Å². The topological polar surface area (TPSA) is 127 Å². The van der Waals surface area contributed by atoms with Crippen molar-refractivity contribution in [2.24, 2.45) is 0 Å². The molecule has 176 valence electrons. The van der Waals surface area contributed by atoms with Crippen molar-refractivity contribution < 1.29 is 33.4 Å². The van der Waals surface area contributed by atoms with Crippen molar-refractivity contribution in [3.63, 3.8) is 0 Å². The molecule has 2 heterocycles. The minimum Gasteiger partial charge on any atom is -0.466 e. The van der Waals surface area contributed by atoms with Crippen molar-refractivity contribution in [2.75, 3.05) is 12.0 Å². The summed E-state index contributed by atoms with van der Waals surface area (Å²) in [5, 5.41) is 0.640. The van der Waals surface area contributed by atoms with Crippen molar-refractivity contribution in [2.45, 2.75) is 71.8 Å². The fourth-order valence-corrected chi connectivity index (χ4v) is 3.29. The molecular weight excluding hydrogens is 420 g/mol. The molecule has 1 aliphatic rings. The van der Waals surface area contributed by atoms with Gasteiger partial charge in [-0.25, -0.2) is 24.8 Å². The van der Waals surface area contributed by atoms with Crippen LogP contribution in [0.5, 0.6) is 0 Å². The van der Waals surface area contributed by atoms with Gasteiger partial charge < -0.3 is 14.2 Å². The highest BCUT2D eigenvalue weighted by Crippen LogP contribution is 2.40. The van der Waals surface area contributed by atoms with Crippen LogP contribution in [0.2, 0.25) is 0 Å². The summed E-state index contributed by atoms with van der Waals surface area (Å²) in [4.78, 5) is 57.1.